The van der Waals surface area contributed by atoms with Crippen molar-refractivity contribution in [2.45, 2.75) is 31.8 Å². The molecular formula is C15H19NO4S. The molecule has 1 aromatic heterocycles. The Kier molecular flexibility index (Phi) is 4.82. The van der Waals surface area contributed by atoms with E-state index in [0.717, 1.165) is 11.3 Å². The van der Waals surface area contributed by atoms with Crippen LogP contribution in [0.3, 0.4) is 0 Å². The van der Waals surface area contributed by atoms with Crippen molar-refractivity contribution in [2.24, 2.45) is 0 Å². The molecule has 0 aliphatic rings. The van der Waals surface area contributed by atoms with E-state index in [1.807, 2.05) is 6.92 Å². The molecule has 2 aromatic rings. The first-order chi connectivity index (χ1) is 9.94. The number of hydrogen-bond acceptors (Lipinski definition) is 4. The van der Waals surface area contributed by atoms with E-state index in [4.69, 9.17) is 4.42 Å². The minimum absolute atomic E-state index is 0.180. The first kappa shape index (κ1) is 15.8. The van der Waals surface area contributed by atoms with E-state index in [-0.39, 0.29) is 18.0 Å². The quantitative estimate of drug-likeness (QED) is 0.854. The van der Waals surface area contributed by atoms with Crippen molar-refractivity contribution in [3.8, 4) is 0 Å². The van der Waals surface area contributed by atoms with E-state index >= 15 is 0 Å². The topological polar surface area (TPSA) is 79.5 Å². The zero-order valence-electron chi connectivity index (χ0n) is 12.1. The molecule has 0 saturated carbocycles. The van der Waals surface area contributed by atoms with Crippen molar-refractivity contribution < 1.29 is 17.9 Å². The normalized spacial score (nSPS) is 11.8. The summed E-state index contributed by atoms with van der Waals surface area (Å²) in [5.74, 6) is 0.731. The van der Waals surface area contributed by atoms with E-state index in [1.54, 1.807) is 31.4 Å². The standard InChI is InChI=1S/C15H19NO4S/c1-11-8-12(2)15(9-13(11)10-17)21(18,19)16-6-5-14-4-3-7-20-14/h3-4,7-9,16-17H,5-6,10H2,1-2H3. The van der Waals surface area contributed by atoms with Crippen LogP contribution in [0, 0.1) is 13.8 Å². The Labute approximate surface area is 124 Å². The number of benzene rings is 1. The molecule has 21 heavy (non-hydrogen) atoms. The molecule has 0 aliphatic carbocycles. The van der Waals surface area contributed by atoms with Crippen molar-refractivity contribution in [3.05, 3.63) is 53.0 Å². The molecule has 6 heteroatoms. The summed E-state index contributed by atoms with van der Waals surface area (Å²) in [4.78, 5) is 0.205. The second-order valence-corrected chi connectivity index (χ2v) is 6.66. The second kappa shape index (κ2) is 6.43. The smallest absolute Gasteiger partial charge is 0.240 e. The number of aliphatic hydroxyl groups is 1. The van der Waals surface area contributed by atoms with Gasteiger partial charge in [-0.05, 0) is 48.7 Å². The molecule has 1 aromatic carbocycles. The van der Waals surface area contributed by atoms with Crippen LogP contribution >= 0.6 is 0 Å². The van der Waals surface area contributed by atoms with Gasteiger partial charge >= 0.3 is 0 Å². The highest BCUT2D eigenvalue weighted by Crippen LogP contribution is 2.20. The van der Waals surface area contributed by atoms with Crippen LogP contribution in [0.25, 0.3) is 0 Å². The van der Waals surface area contributed by atoms with E-state index in [0.29, 0.717) is 17.5 Å². The summed E-state index contributed by atoms with van der Waals surface area (Å²) >= 11 is 0. The van der Waals surface area contributed by atoms with Crippen molar-refractivity contribution >= 4 is 10.0 Å². The van der Waals surface area contributed by atoms with Gasteiger partial charge in [-0.25, -0.2) is 13.1 Å². The van der Waals surface area contributed by atoms with E-state index in [2.05, 4.69) is 4.72 Å². The third-order valence-corrected chi connectivity index (χ3v) is 4.94. The summed E-state index contributed by atoms with van der Waals surface area (Å²) in [6.45, 7) is 3.67. The molecule has 0 fully saturated rings. The van der Waals surface area contributed by atoms with Crippen LogP contribution in [0.15, 0.2) is 39.8 Å². The van der Waals surface area contributed by atoms with Crippen LogP contribution in [0.5, 0.6) is 0 Å². The maximum absolute atomic E-state index is 12.3. The Balaban J connectivity index is 2.15. The molecule has 0 aliphatic heterocycles. The third kappa shape index (κ3) is 3.72. The molecule has 5 nitrogen and oxygen atoms in total. The number of furan rings is 1. The highest BCUT2D eigenvalue weighted by Gasteiger charge is 2.18. The molecule has 1 heterocycles. The summed E-state index contributed by atoms with van der Waals surface area (Å²) in [6.07, 6.45) is 2.05. The van der Waals surface area contributed by atoms with Gasteiger partial charge in [0, 0.05) is 13.0 Å². The molecule has 2 rings (SSSR count). The Morgan fingerprint density at radius 3 is 2.62 bits per heavy atom. The van der Waals surface area contributed by atoms with Gasteiger partial charge in [-0.2, -0.15) is 0 Å². The average molecular weight is 309 g/mol. The van der Waals surface area contributed by atoms with Crippen LogP contribution in [-0.4, -0.2) is 20.1 Å². The van der Waals surface area contributed by atoms with Crippen LogP contribution in [0.1, 0.15) is 22.5 Å². The zero-order valence-corrected chi connectivity index (χ0v) is 12.9. The van der Waals surface area contributed by atoms with Gasteiger partial charge in [-0.15, -0.1) is 0 Å². The molecule has 0 saturated heterocycles. The van der Waals surface area contributed by atoms with Gasteiger partial charge in [0.15, 0.2) is 0 Å². The van der Waals surface area contributed by atoms with Crippen LogP contribution in [0.2, 0.25) is 0 Å². The minimum atomic E-state index is -3.60. The number of rotatable bonds is 6. The van der Waals surface area contributed by atoms with Gasteiger partial charge < -0.3 is 9.52 Å². The number of nitrogens with one attached hydrogen (secondary N) is 1. The summed E-state index contributed by atoms with van der Waals surface area (Å²) in [7, 11) is -3.60. The Bertz CT molecular complexity index is 706. The van der Waals surface area contributed by atoms with Crippen LogP contribution in [-0.2, 0) is 23.1 Å². The minimum Gasteiger partial charge on any atom is -0.469 e. The fourth-order valence-corrected chi connectivity index (χ4v) is 3.48. The highest BCUT2D eigenvalue weighted by atomic mass is 32.2. The monoisotopic (exact) mass is 309 g/mol. The molecule has 0 spiro atoms. The van der Waals surface area contributed by atoms with E-state index in [9.17, 15) is 13.5 Å². The lowest BCUT2D eigenvalue weighted by Crippen LogP contribution is -2.26. The zero-order chi connectivity index (χ0) is 15.5. The van der Waals surface area contributed by atoms with Gasteiger partial charge in [0.2, 0.25) is 10.0 Å². The summed E-state index contributed by atoms with van der Waals surface area (Å²) in [5.41, 5.74) is 2.16. The van der Waals surface area contributed by atoms with Crippen molar-refractivity contribution in [1.29, 1.82) is 0 Å². The largest absolute Gasteiger partial charge is 0.469 e. The van der Waals surface area contributed by atoms with E-state index < -0.39 is 10.0 Å². The van der Waals surface area contributed by atoms with Crippen molar-refractivity contribution in [1.82, 2.24) is 4.72 Å². The Hall–Kier alpha value is -1.63. The lowest BCUT2D eigenvalue weighted by molar-refractivity contribution is 0.280. The lowest BCUT2D eigenvalue weighted by atomic mass is 10.1. The predicted octanol–water partition coefficient (Wildman–Crippen LogP) is 1.91. The fourth-order valence-electron chi connectivity index (χ4n) is 2.18. The molecular weight excluding hydrogens is 290 g/mol. The maximum atomic E-state index is 12.3. The SMILES string of the molecule is Cc1cc(C)c(S(=O)(=O)NCCc2ccco2)cc1CO. The molecule has 0 unspecified atom stereocenters. The van der Waals surface area contributed by atoms with Gasteiger partial charge in [0.25, 0.3) is 0 Å². The maximum Gasteiger partial charge on any atom is 0.240 e. The average Bonchev–Trinajstić information content (AvgIpc) is 2.91. The molecule has 0 amide bonds. The number of aryl methyl sites for hydroxylation is 2. The molecule has 0 radical (unpaired) electrons. The van der Waals surface area contributed by atoms with Gasteiger partial charge in [-0.1, -0.05) is 6.07 Å². The molecule has 0 bridgehead atoms. The van der Waals surface area contributed by atoms with E-state index in [1.165, 1.54) is 6.07 Å². The lowest BCUT2D eigenvalue weighted by Gasteiger charge is -2.12. The first-order valence-corrected chi connectivity index (χ1v) is 8.15. The van der Waals surface area contributed by atoms with Crippen LogP contribution in [0.4, 0.5) is 0 Å². The van der Waals surface area contributed by atoms with Gasteiger partial charge in [0.1, 0.15) is 5.76 Å². The summed E-state index contributed by atoms with van der Waals surface area (Å²) < 4.78 is 32.4. The highest BCUT2D eigenvalue weighted by molar-refractivity contribution is 7.89. The number of hydrogen-bond donors (Lipinski definition) is 2. The second-order valence-electron chi connectivity index (χ2n) is 4.93. The number of sulfonamides is 1. The summed E-state index contributed by atoms with van der Waals surface area (Å²) in [5, 5.41) is 9.27. The molecule has 2 N–H and O–H groups in total. The number of aliphatic hydroxyl groups excluding tert-OH is 1. The first-order valence-electron chi connectivity index (χ1n) is 6.67. The van der Waals surface area contributed by atoms with Gasteiger partial charge in [0.05, 0.1) is 17.8 Å². The van der Waals surface area contributed by atoms with Gasteiger partial charge in [-0.3, -0.25) is 0 Å². The predicted molar refractivity (Wildman–Crippen MR) is 79.4 cm³/mol. The van der Waals surface area contributed by atoms with Crippen molar-refractivity contribution in [2.75, 3.05) is 6.54 Å². The Morgan fingerprint density at radius 1 is 1.24 bits per heavy atom. The van der Waals surface area contributed by atoms with Crippen molar-refractivity contribution in [3.63, 3.8) is 0 Å². The Morgan fingerprint density at radius 2 is 2.00 bits per heavy atom. The summed E-state index contributed by atoms with van der Waals surface area (Å²) in [6, 6.07) is 6.86. The third-order valence-electron chi connectivity index (χ3n) is 3.34. The molecule has 114 valence electrons. The molecule has 0 atom stereocenters. The fraction of sp³-hybridized carbons (Fsp3) is 0.333. The van der Waals surface area contributed by atoms with Crippen LogP contribution < -0.4 is 4.72 Å².